The molecule has 0 aliphatic carbocycles. The predicted molar refractivity (Wildman–Crippen MR) is 52.9 cm³/mol. The number of benzene rings is 1. The maximum atomic E-state index is 8.80. The molecule has 0 aliphatic heterocycles. The molecule has 2 rings (SSSR count). The maximum Gasteiger partial charge on any atom is 0.226 e. The van der Waals surface area contributed by atoms with Crippen LogP contribution in [0.1, 0.15) is 5.69 Å². The van der Waals surface area contributed by atoms with Gasteiger partial charge in [0.1, 0.15) is 12.0 Å². The summed E-state index contributed by atoms with van der Waals surface area (Å²) in [6, 6.07) is 7.20. The fourth-order valence-electron chi connectivity index (χ4n) is 1.13. The molecule has 72 valence electrons. The lowest BCUT2D eigenvalue weighted by atomic mass is 10.2. The summed E-state index contributed by atoms with van der Waals surface area (Å²) in [6.07, 6.45) is 1.43. The second-order valence-electron chi connectivity index (χ2n) is 2.81. The van der Waals surface area contributed by atoms with Crippen molar-refractivity contribution in [2.24, 2.45) is 0 Å². The molecule has 0 amide bonds. The van der Waals surface area contributed by atoms with Crippen LogP contribution in [-0.4, -0.2) is 10.1 Å². The van der Waals surface area contributed by atoms with Crippen LogP contribution < -0.4 is 0 Å². The number of nitrogens with zero attached hydrogens (tertiary/aromatic N) is 1. The van der Waals surface area contributed by atoms with Crippen LogP contribution in [0.5, 0.6) is 0 Å². The Morgan fingerprint density at radius 3 is 2.93 bits per heavy atom. The highest BCUT2D eigenvalue weighted by Crippen LogP contribution is 2.21. The Balaban J connectivity index is 2.39. The van der Waals surface area contributed by atoms with E-state index in [1.807, 2.05) is 12.1 Å². The van der Waals surface area contributed by atoms with Crippen molar-refractivity contribution in [3.05, 3.63) is 41.2 Å². The number of rotatable bonds is 2. The third kappa shape index (κ3) is 1.78. The van der Waals surface area contributed by atoms with Crippen LogP contribution in [0.25, 0.3) is 11.5 Å². The highest BCUT2D eigenvalue weighted by atomic mass is 35.5. The van der Waals surface area contributed by atoms with Gasteiger partial charge in [-0.15, -0.1) is 0 Å². The van der Waals surface area contributed by atoms with Gasteiger partial charge in [-0.25, -0.2) is 4.98 Å². The average Bonchev–Trinajstić information content (AvgIpc) is 2.66. The van der Waals surface area contributed by atoms with Gasteiger partial charge in [-0.05, 0) is 18.2 Å². The SMILES string of the molecule is OCc1coc(-c2cccc(Cl)c2)n1. The molecule has 14 heavy (non-hydrogen) atoms. The molecule has 0 fully saturated rings. The number of halogens is 1. The second kappa shape index (κ2) is 3.82. The molecule has 1 aromatic heterocycles. The minimum Gasteiger partial charge on any atom is -0.444 e. The van der Waals surface area contributed by atoms with E-state index < -0.39 is 0 Å². The molecule has 0 atom stereocenters. The van der Waals surface area contributed by atoms with E-state index in [9.17, 15) is 0 Å². The maximum absolute atomic E-state index is 8.80. The minimum atomic E-state index is -0.121. The Bertz CT molecular complexity index is 439. The first kappa shape index (κ1) is 9.24. The number of hydrogen-bond donors (Lipinski definition) is 1. The first-order valence-electron chi connectivity index (χ1n) is 4.11. The zero-order valence-electron chi connectivity index (χ0n) is 7.27. The molecule has 0 saturated heterocycles. The summed E-state index contributed by atoms with van der Waals surface area (Å²) in [5.74, 6) is 0.469. The molecular weight excluding hydrogens is 202 g/mol. The van der Waals surface area contributed by atoms with Crippen LogP contribution >= 0.6 is 11.6 Å². The molecule has 2 aromatic rings. The van der Waals surface area contributed by atoms with E-state index in [-0.39, 0.29) is 6.61 Å². The highest BCUT2D eigenvalue weighted by Gasteiger charge is 2.05. The van der Waals surface area contributed by atoms with Gasteiger partial charge in [0.2, 0.25) is 5.89 Å². The molecule has 0 radical (unpaired) electrons. The Morgan fingerprint density at radius 2 is 2.29 bits per heavy atom. The van der Waals surface area contributed by atoms with E-state index in [0.29, 0.717) is 16.6 Å². The normalized spacial score (nSPS) is 10.4. The highest BCUT2D eigenvalue weighted by molar-refractivity contribution is 6.30. The topological polar surface area (TPSA) is 46.3 Å². The van der Waals surface area contributed by atoms with Crippen LogP contribution in [0.3, 0.4) is 0 Å². The molecular formula is C10H8ClNO2. The summed E-state index contributed by atoms with van der Waals surface area (Å²) in [7, 11) is 0. The van der Waals surface area contributed by atoms with E-state index in [4.69, 9.17) is 21.1 Å². The fraction of sp³-hybridized carbons (Fsp3) is 0.100. The molecule has 1 N–H and O–H groups in total. The van der Waals surface area contributed by atoms with Gasteiger partial charge >= 0.3 is 0 Å². The Kier molecular flexibility index (Phi) is 2.52. The van der Waals surface area contributed by atoms with Crippen molar-refractivity contribution >= 4 is 11.6 Å². The Morgan fingerprint density at radius 1 is 1.43 bits per heavy atom. The van der Waals surface area contributed by atoms with Gasteiger partial charge in [0.25, 0.3) is 0 Å². The number of oxazole rings is 1. The lowest BCUT2D eigenvalue weighted by Gasteiger charge is -1.94. The molecule has 1 aromatic carbocycles. The van der Waals surface area contributed by atoms with Gasteiger partial charge in [-0.2, -0.15) is 0 Å². The molecule has 4 heteroatoms. The molecule has 0 aliphatic rings. The van der Waals surface area contributed by atoms with Crippen molar-refractivity contribution in [3.8, 4) is 11.5 Å². The van der Waals surface area contributed by atoms with Crippen molar-refractivity contribution in [1.29, 1.82) is 0 Å². The molecule has 0 saturated carbocycles. The summed E-state index contributed by atoms with van der Waals surface area (Å²) in [4.78, 5) is 4.06. The first-order valence-corrected chi connectivity index (χ1v) is 4.48. The molecule has 0 unspecified atom stereocenters. The molecule has 0 bridgehead atoms. The lowest BCUT2D eigenvalue weighted by Crippen LogP contribution is -1.82. The van der Waals surface area contributed by atoms with E-state index in [2.05, 4.69) is 4.98 Å². The zero-order valence-corrected chi connectivity index (χ0v) is 8.03. The van der Waals surface area contributed by atoms with Crippen LogP contribution in [0, 0.1) is 0 Å². The summed E-state index contributed by atoms with van der Waals surface area (Å²) in [5.41, 5.74) is 1.32. The molecule has 0 spiro atoms. The first-order chi connectivity index (χ1) is 6.79. The van der Waals surface area contributed by atoms with Crippen molar-refractivity contribution in [2.45, 2.75) is 6.61 Å². The number of aromatic nitrogens is 1. The second-order valence-corrected chi connectivity index (χ2v) is 3.25. The number of aliphatic hydroxyl groups excluding tert-OH is 1. The minimum absolute atomic E-state index is 0.121. The van der Waals surface area contributed by atoms with E-state index >= 15 is 0 Å². The Hall–Kier alpha value is -1.32. The van der Waals surface area contributed by atoms with Crippen LogP contribution in [-0.2, 0) is 6.61 Å². The third-order valence-electron chi connectivity index (χ3n) is 1.79. The van der Waals surface area contributed by atoms with Gasteiger partial charge in [0.05, 0.1) is 6.61 Å². The standard InChI is InChI=1S/C10H8ClNO2/c11-8-3-1-2-7(4-8)10-12-9(5-13)6-14-10/h1-4,6,13H,5H2. The van der Waals surface area contributed by atoms with Gasteiger partial charge in [-0.1, -0.05) is 17.7 Å². The average molecular weight is 210 g/mol. The van der Waals surface area contributed by atoms with Crippen molar-refractivity contribution in [2.75, 3.05) is 0 Å². The van der Waals surface area contributed by atoms with Crippen molar-refractivity contribution < 1.29 is 9.52 Å². The van der Waals surface area contributed by atoms with E-state index in [1.165, 1.54) is 6.26 Å². The number of aliphatic hydroxyl groups is 1. The van der Waals surface area contributed by atoms with Crippen molar-refractivity contribution in [3.63, 3.8) is 0 Å². The van der Waals surface area contributed by atoms with Gasteiger partial charge in [0.15, 0.2) is 0 Å². The van der Waals surface area contributed by atoms with Gasteiger partial charge < -0.3 is 9.52 Å². The quantitative estimate of drug-likeness (QED) is 0.827. The van der Waals surface area contributed by atoms with Gasteiger partial charge in [0, 0.05) is 10.6 Å². The van der Waals surface area contributed by atoms with Crippen LogP contribution in [0.2, 0.25) is 5.02 Å². The Labute approximate surface area is 86.0 Å². The van der Waals surface area contributed by atoms with Crippen molar-refractivity contribution in [1.82, 2.24) is 4.98 Å². The van der Waals surface area contributed by atoms with E-state index in [0.717, 1.165) is 5.56 Å². The molecule has 3 nitrogen and oxygen atoms in total. The number of hydrogen-bond acceptors (Lipinski definition) is 3. The zero-order chi connectivity index (χ0) is 9.97. The summed E-state index contributed by atoms with van der Waals surface area (Å²) in [5, 5.41) is 9.43. The molecule has 1 heterocycles. The predicted octanol–water partition coefficient (Wildman–Crippen LogP) is 2.49. The lowest BCUT2D eigenvalue weighted by molar-refractivity contribution is 0.276. The summed E-state index contributed by atoms with van der Waals surface area (Å²) in [6.45, 7) is -0.121. The summed E-state index contributed by atoms with van der Waals surface area (Å²) < 4.78 is 5.17. The summed E-state index contributed by atoms with van der Waals surface area (Å²) >= 11 is 5.82. The largest absolute Gasteiger partial charge is 0.444 e. The fourth-order valence-corrected chi connectivity index (χ4v) is 1.32. The van der Waals surface area contributed by atoms with E-state index in [1.54, 1.807) is 12.1 Å². The van der Waals surface area contributed by atoms with Crippen LogP contribution in [0.4, 0.5) is 0 Å². The van der Waals surface area contributed by atoms with Gasteiger partial charge in [-0.3, -0.25) is 0 Å². The monoisotopic (exact) mass is 209 g/mol. The third-order valence-corrected chi connectivity index (χ3v) is 2.02. The smallest absolute Gasteiger partial charge is 0.226 e. The van der Waals surface area contributed by atoms with Crippen LogP contribution in [0.15, 0.2) is 34.9 Å².